The van der Waals surface area contributed by atoms with E-state index in [2.05, 4.69) is 41.2 Å². The monoisotopic (exact) mass is 329 g/mol. The van der Waals surface area contributed by atoms with Gasteiger partial charge in [-0.2, -0.15) is 0 Å². The number of thiophene rings is 1. The number of aryl methyl sites for hydroxylation is 1. The summed E-state index contributed by atoms with van der Waals surface area (Å²) in [6.45, 7) is 5.52. The Hall–Kier alpha value is 0.140. The van der Waals surface area contributed by atoms with E-state index in [0.29, 0.717) is 6.04 Å². The molecule has 1 atom stereocenters. The lowest BCUT2D eigenvalue weighted by atomic mass is 9.83. The van der Waals surface area contributed by atoms with Gasteiger partial charge in [0, 0.05) is 10.9 Å². The van der Waals surface area contributed by atoms with Gasteiger partial charge in [0.1, 0.15) is 0 Å². The SMILES string of the molecule is CCNC(CC1CCCCC1)c1cc(Br)sc1C. The Balaban J connectivity index is 2.04. The van der Waals surface area contributed by atoms with Crippen molar-refractivity contribution in [3.05, 3.63) is 20.3 Å². The van der Waals surface area contributed by atoms with Crippen molar-refractivity contribution in [1.29, 1.82) is 0 Å². The van der Waals surface area contributed by atoms with Crippen molar-refractivity contribution >= 4 is 27.3 Å². The first kappa shape index (κ1) is 14.5. The molecule has 0 bridgehead atoms. The lowest BCUT2D eigenvalue weighted by Crippen LogP contribution is -2.24. The molecule has 0 spiro atoms. The molecule has 1 saturated carbocycles. The van der Waals surface area contributed by atoms with E-state index >= 15 is 0 Å². The second kappa shape index (κ2) is 7.06. The Morgan fingerprint density at radius 1 is 1.39 bits per heavy atom. The highest BCUT2D eigenvalue weighted by Gasteiger charge is 2.21. The second-order valence-corrected chi connectivity index (χ2v) is 8.05. The fraction of sp³-hybridized carbons (Fsp3) is 0.733. The van der Waals surface area contributed by atoms with Crippen LogP contribution in [0.2, 0.25) is 0 Å². The lowest BCUT2D eigenvalue weighted by Gasteiger charge is -2.27. The van der Waals surface area contributed by atoms with Crippen molar-refractivity contribution in [3.8, 4) is 0 Å². The van der Waals surface area contributed by atoms with E-state index in [4.69, 9.17) is 0 Å². The standard InChI is InChI=1S/C15H24BrNS/c1-3-17-14(9-12-7-5-4-6-8-12)13-10-15(16)18-11(13)2/h10,12,14,17H,3-9H2,1-2H3. The minimum atomic E-state index is 0.556. The molecule has 0 radical (unpaired) electrons. The highest BCUT2D eigenvalue weighted by molar-refractivity contribution is 9.11. The van der Waals surface area contributed by atoms with E-state index in [0.717, 1.165) is 12.5 Å². The van der Waals surface area contributed by atoms with Crippen molar-refractivity contribution < 1.29 is 0 Å². The zero-order valence-corrected chi connectivity index (χ0v) is 13.9. The summed E-state index contributed by atoms with van der Waals surface area (Å²) in [5, 5.41) is 3.69. The quantitative estimate of drug-likeness (QED) is 0.758. The lowest BCUT2D eigenvalue weighted by molar-refractivity contribution is 0.301. The summed E-state index contributed by atoms with van der Waals surface area (Å²) >= 11 is 5.48. The minimum absolute atomic E-state index is 0.556. The van der Waals surface area contributed by atoms with Gasteiger partial charge in [-0.15, -0.1) is 11.3 Å². The molecule has 2 rings (SSSR count). The molecule has 0 amide bonds. The molecule has 0 aromatic carbocycles. The highest BCUT2D eigenvalue weighted by Crippen LogP contribution is 2.36. The number of halogens is 1. The number of hydrogen-bond acceptors (Lipinski definition) is 2. The molecular weight excluding hydrogens is 306 g/mol. The Kier molecular flexibility index (Phi) is 5.71. The summed E-state index contributed by atoms with van der Waals surface area (Å²) in [5.41, 5.74) is 1.51. The van der Waals surface area contributed by atoms with Crippen LogP contribution in [0.3, 0.4) is 0 Å². The van der Waals surface area contributed by atoms with Gasteiger partial charge >= 0.3 is 0 Å². The third-order valence-corrected chi connectivity index (χ3v) is 5.62. The Labute approximate surface area is 123 Å². The molecule has 18 heavy (non-hydrogen) atoms. The highest BCUT2D eigenvalue weighted by atomic mass is 79.9. The van der Waals surface area contributed by atoms with E-state index in [1.807, 2.05) is 11.3 Å². The predicted octanol–water partition coefficient (Wildman–Crippen LogP) is 5.44. The summed E-state index contributed by atoms with van der Waals surface area (Å²) in [4.78, 5) is 1.46. The molecule has 1 unspecified atom stereocenters. The molecule has 1 aromatic heterocycles. The maximum atomic E-state index is 3.69. The average molecular weight is 330 g/mol. The van der Waals surface area contributed by atoms with Crippen molar-refractivity contribution in [3.63, 3.8) is 0 Å². The second-order valence-electron chi connectivity index (χ2n) is 5.41. The van der Waals surface area contributed by atoms with Gasteiger partial charge in [0.15, 0.2) is 0 Å². The maximum absolute atomic E-state index is 3.69. The molecule has 0 saturated heterocycles. The van der Waals surface area contributed by atoms with Gasteiger partial charge < -0.3 is 5.32 Å². The summed E-state index contributed by atoms with van der Waals surface area (Å²) in [7, 11) is 0. The molecular formula is C15H24BrNS. The smallest absolute Gasteiger partial charge is 0.0704 e. The molecule has 1 nitrogen and oxygen atoms in total. The molecule has 1 heterocycles. The molecule has 1 fully saturated rings. The van der Waals surface area contributed by atoms with Gasteiger partial charge in [-0.1, -0.05) is 39.0 Å². The topological polar surface area (TPSA) is 12.0 Å². The number of nitrogens with one attached hydrogen (secondary N) is 1. The van der Waals surface area contributed by atoms with Gasteiger partial charge in [0.2, 0.25) is 0 Å². The van der Waals surface area contributed by atoms with Crippen LogP contribution in [0.5, 0.6) is 0 Å². The maximum Gasteiger partial charge on any atom is 0.0704 e. The summed E-state index contributed by atoms with van der Waals surface area (Å²) in [6, 6.07) is 2.87. The van der Waals surface area contributed by atoms with Gasteiger partial charge in [-0.05, 0) is 53.4 Å². The van der Waals surface area contributed by atoms with E-state index < -0.39 is 0 Å². The van der Waals surface area contributed by atoms with Gasteiger partial charge in [0.05, 0.1) is 3.79 Å². The van der Waals surface area contributed by atoms with Crippen LogP contribution in [0.25, 0.3) is 0 Å². The normalized spacial score (nSPS) is 19.1. The van der Waals surface area contributed by atoms with Crippen LogP contribution in [0.1, 0.15) is 61.9 Å². The Bertz CT molecular complexity index is 369. The van der Waals surface area contributed by atoms with Gasteiger partial charge in [0.25, 0.3) is 0 Å². The predicted molar refractivity (Wildman–Crippen MR) is 84.4 cm³/mol. The Morgan fingerprint density at radius 2 is 2.11 bits per heavy atom. The van der Waals surface area contributed by atoms with Crippen LogP contribution in [-0.2, 0) is 0 Å². The largest absolute Gasteiger partial charge is 0.310 e. The summed E-state index contributed by atoms with van der Waals surface area (Å²) in [5.74, 6) is 0.931. The van der Waals surface area contributed by atoms with Crippen LogP contribution >= 0.6 is 27.3 Å². The molecule has 1 aliphatic rings. The first-order chi connectivity index (χ1) is 8.70. The Morgan fingerprint density at radius 3 is 2.67 bits per heavy atom. The summed E-state index contributed by atoms with van der Waals surface area (Å²) < 4.78 is 1.27. The van der Waals surface area contributed by atoms with Crippen molar-refractivity contribution in [2.75, 3.05) is 6.54 Å². The first-order valence-electron chi connectivity index (χ1n) is 7.20. The molecule has 3 heteroatoms. The van der Waals surface area contributed by atoms with Crippen molar-refractivity contribution in [1.82, 2.24) is 5.32 Å². The van der Waals surface area contributed by atoms with Gasteiger partial charge in [-0.25, -0.2) is 0 Å². The molecule has 0 aliphatic heterocycles. The average Bonchev–Trinajstić information content (AvgIpc) is 2.69. The van der Waals surface area contributed by atoms with Crippen LogP contribution in [-0.4, -0.2) is 6.54 Å². The first-order valence-corrected chi connectivity index (χ1v) is 8.81. The van der Waals surface area contributed by atoms with E-state index in [1.165, 1.54) is 52.8 Å². The van der Waals surface area contributed by atoms with Crippen molar-refractivity contribution in [2.24, 2.45) is 5.92 Å². The molecule has 102 valence electrons. The zero-order chi connectivity index (χ0) is 13.0. The zero-order valence-electron chi connectivity index (χ0n) is 11.5. The van der Waals surface area contributed by atoms with Crippen LogP contribution in [0.15, 0.2) is 9.85 Å². The van der Waals surface area contributed by atoms with Crippen molar-refractivity contribution in [2.45, 2.75) is 58.4 Å². The molecule has 1 aliphatic carbocycles. The fourth-order valence-electron chi connectivity index (χ4n) is 3.13. The summed E-state index contributed by atoms with van der Waals surface area (Å²) in [6.07, 6.45) is 8.52. The van der Waals surface area contributed by atoms with Crippen LogP contribution in [0, 0.1) is 12.8 Å². The number of rotatable bonds is 5. The van der Waals surface area contributed by atoms with Crippen LogP contribution in [0.4, 0.5) is 0 Å². The fourth-order valence-corrected chi connectivity index (χ4v) is 4.90. The van der Waals surface area contributed by atoms with Gasteiger partial charge in [-0.3, -0.25) is 0 Å². The number of hydrogen-bond donors (Lipinski definition) is 1. The van der Waals surface area contributed by atoms with E-state index in [9.17, 15) is 0 Å². The molecule has 1 N–H and O–H groups in total. The minimum Gasteiger partial charge on any atom is -0.310 e. The van der Waals surface area contributed by atoms with Crippen LogP contribution < -0.4 is 5.32 Å². The third kappa shape index (κ3) is 3.82. The third-order valence-electron chi connectivity index (χ3n) is 4.05. The van der Waals surface area contributed by atoms with E-state index in [-0.39, 0.29) is 0 Å². The van der Waals surface area contributed by atoms with E-state index in [1.54, 1.807) is 0 Å². The molecule has 1 aromatic rings.